The lowest BCUT2D eigenvalue weighted by Gasteiger charge is -2.36. The van der Waals surface area contributed by atoms with E-state index in [1.165, 1.54) is 116 Å². The third-order valence-corrected chi connectivity index (χ3v) is 8.41. The number of unbranched alkanes of at least 4 members (excludes halogenated alkanes) is 15. The van der Waals surface area contributed by atoms with Gasteiger partial charge in [0, 0.05) is 18.4 Å². The van der Waals surface area contributed by atoms with Crippen LogP contribution in [-0.2, 0) is 0 Å². The maximum absolute atomic E-state index is 13.2. The molecule has 0 amide bonds. The van der Waals surface area contributed by atoms with Crippen molar-refractivity contribution >= 4 is 5.78 Å². The zero-order valence-corrected chi connectivity index (χ0v) is 28.4. The number of halogens is 1. The van der Waals surface area contributed by atoms with Gasteiger partial charge in [0.05, 0.1) is 5.56 Å². The van der Waals surface area contributed by atoms with E-state index in [4.69, 9.17) is 4.84 Å². The van der Waals surface area contributed by atoms with Gasteiger partial charge in [-0.15, -0.1) is 4.65 Å². The molecule has 3 nitrogen and oxygen atoms in total. The van der Waals surface area contributed by atoms with Crippen molar-refractivity contribution in [2.75, 3.05) is 14.1 Å². The second-order valence-electron chi connectivity index (χ2n) is 12.3. The molecule has 2 aromatic carbocycles. The SMILES string of the molecule is CCCCCCCCCCCCCCCCCC(CCCC)[N+](C)(C)Oc1ccccc1C(=O)c1ccccc1.[Br-]. The average molecular weight is 631 g/mol. The van der Waals surface area contributed by atoms with Crippen LogP contribution in [0.25, 0.3) is 0 Å². The molecule has 0 spiro atoms. The Hall–Kier alpha value is -1.65. The summed E-state index contributed by atoms with van der Waals surface area (Å²) in [7, 11) is 4.32. The summed E-state index contributed by atoms with van der Waals surface area (Å²) in [6, 6.07) is 17.7. The van der Waals surface area contributed by atoms with Crippen molar-refractivity contribution in [3.63, 3.8) is 0 Å². The second-order valence-corrected chi connectivity index (χ2v) is 12.3. The predicted molar refractivity (Wildman–Crippen MR) is 172 cm³/mol. The number of ketones is 1. The monoisotopic (exact) mass is 629 g/mol. The van der Waals surface area contributed by atoms with Crippen LogP contribution in [0.2, 0.25) is 0 Å². The Balaban J connectivity index is 0.00000840. The number of quaternary nitrogens is 1. The number of nitrogens with zero attached hydrogens (tertiary/aromatic N) is 1. The van der Waals surface area contributed by atoms with Gasteiger partial charge in [-0.3, -0.25) is 4.79 Å². The minimum absolute atomic E-state index is 0. The lowest BCUT2D eigenvalue weighted by atomic mass is 10.00. The van der Waals surface area contributed by atoms with Crippen LogP contribution in [0.1, 0.15) is 152 Å². The molecule has 0 saturated carbocycles. The highest BCUT2D eigenvalue weighted by Crippen LogP contribution is 2.28. The highest BCUT2D eigenvalue weighted by molar-refractivity contribution is 6.10. The quantitative estimate of drug-likeness (QED) is 0.0507. The number of hydrogen-bond donors (Lipinski definition) is 0. The Morgan fingerprint density at radius 2 is 1.05 bits per heavy atom. The Labute approximate surface area is 263 Å². The van der Waals surface area contributed by atoms with Gasteiger partial charge in [0.25, 0.3) is 0 Å². The Kier molecular flexibility index (Phi) is 20.9. The van der Waals surface area contributed by atoms with Gasteiger partial charge in [0.2, 0.25) is 5.75 Å². The van der Waals surface area contributed by atoms with Crippen molar-refractivity contribution < 1.29 is 31.3 Å². The number of carbonyl (C=O) groups is 1. The molecule has 0 aromatic heterocycles. The molecule has 0 radical (unpaired) electrons. The highest BCUT2D eigenvalue weighted by atomic mass is 79.9. The number of benzene rings is 2. The number of para-hydroxylation sites is 1. The van der Waals surface area contributed by atoms with Gasteiger partial charge in [-0.05, 0) is 25.0 Å². The van der Waals surface area contributed by atoms with E-state index in [0.717, 1.165) is 6.42 Å². The number of hydroxylamine groups is 3. The predicted octanol–water partition coefficient (Wildman–Crippen LogP) is 8.11. The molecule has 0 heterocycles. The summed E-state index contributed by atoms with van der Waals surface area (Å²) < 4.78 is 0.456. The largest absolute Gasteiger partial charge is 1.00 e. The molecule has 0 bridgehead atoms. The maximum Gasteiger partial charge on any atom is 0.201 e. The van der Waals surface area contributed by atoms with Crippen molar-refractivity contribution in [3.05, 3.63) is 65.7 Å². The summed E-state index contributed by atoms with van der Waals surface area (Å²) in [5, 5.41) is 0. The van der Waals surface area contributed by atoms with Crippen LogP contribution in [-0.4, -0.2) is 30.6 Å². The van der Waals surface area contributed by atoms with Crippen LogP contribution < -0.4 is 21.8 Å². The first-order chi connectivity index (χ1) is 19.5. The van der Waals surface area contributed by atoms with Crippen LogP contribution in [0.3, 0.4) is 0 Å². The Bertz CT molecular complexity index is 914. The molecule has 1 atom stereocenters. The lowest BCUT2D eigenvalue weighted by Crippen LogP contribution is -3.00. The third kappa shape index (κ3) is 15.4. The van der Waals surface area contributed by atoms with Crippen LogP contribution in [0.4, 0.5) is 0 Å². The maximum atomic E-state index is 13.2. The molecule has 2 aromatic rings. The molecule has 4 heteroatoms. The summed E-state index contributed by atoms with van der Waals surface area (Å²) in [4.78, 5) is 19.9. The zero-order chi connectivity index (χ0) is 28.9. The van der Waals surface area contributed by atoms with Crippen molar-refractivity contribution in [3.8, 4) is 5.75 Å². The van der Waals surface area contributed by atoms with Gasteiger partial charge < -0.3 is 21.8 Å². The zero-order valence-electron chi connectivity index (χ0n) is 26.9. The van der Waals surface area contributed by atoms with Crippen molar-refractivity contribution in [1.82, 2.24) is 0 Å². The molecule has 1 unspecified atom stereocenters. The molecule has 232 valence electrons. The number of carbonyl (C=O) groups excluding carboxylic acids is 1. The summed E-state index contributed by atoms with van der Waals surface area (Å²) in [6.45, 7) is 4.55. The van der Waals surface area contributed by atoms with Crippen LogP contribution >= 0.6 is 0 Å². The van der Waals surface area contributed by atoms with Crippen molar-refractivity contribution in [2.45, 2.75) is 142 Å². The Morgan fingerprint density at radius 1 is 0.610 bits per heavy atom. The van der Waals surface area contributed by atoms with Gasteiger partial charge in [0.1, 0.15) is 20.1 Å². The van der Waals surface area contributed by atoms with Gasteiger partial charge in [-0.1, -0.05) is 153 Å². The van der Waals surface area contributed by atoms with Gasteiger partial charge in [-0.25, -0.2) is 0 Å². The Morgan fingerprint density at radius 3 is 1.59 bits per heavy atom. The van der Waals surface area contributed by atoms with E-state index in [2.05, 4.69) is 27.9 Å². The smallest absolute Gasteiger partial charge is 0.201 e. The van der Waals surface area contributed by atoms with Crippen LogP contribution in [0, 0.1) is 0 Å². The fraction of sp³-hybridized carbons (Fsp3) is 0.649. The minimum Gasteiger partial charge on any atom is -1.00 e. The first-order valence-corrected chi connectivity index (χ1v) is 16.7. The van der Waals surface area contributed by atoms with E-state index >= 15 is 0 Å². The van der Waals surface area contributed by atoms with E-state index in [-0.39, 0.29) is 22.8 Å². The first-order valence-electron chi connectivity index (χ1n) is 16.7. The van der Waals surface area contributed by atoms with Crippen LogP contribution in [0.5, 0.6) is 5.75 Å². The van der Waals surface area contributed by atoms with E-state index in [1.807, 2.05) is 54.6 Å². The summed E-state index contributed by atoms with van der Waals surface area (Å²) >= 11 is 0. The first kappa shape index (κ1) is 37.4. The van der Waals surface area contributed by atoms with E-state index in [1.54, 1.807) is 0 Å². The molecule has 0 fully saturated rings. The summed E-state index contributed by atoms with van der Waals surface area (Å²) in [5.74, 6) is 0.697. The number of hydrogen-bond acceptors (Lipinski definition) is 2. The molecule has 0 N–H and O–H groups in total. The third-order valence-electron chi connectivity index (χ3n) is 8.41. The normalized spacial score (nSPS) is 12.1. The van der Waals surface area contributed by atoms with E-state index in [9.17, 15) is 4.79 Å². The standard InChI is InChI=1S/C37H60NO2.BrH/c1-5-7-9-10-11-12-13-14-15-16-17-18-19-20-24-30-34(29-8-6-2)38(3,4)40-36-32-26-25-31-35(36)37(39)33-27-22-21-23-28-33;/h21-23,25-28,31-32,34H,5-20,24,29-30H2,1-4H3;1H/q+1;/p-1. The van der Waals surface area contributed by atoms with Crippen molar-refractivity contribution in [2.24, 2.45) is 0 Å². The molecule has 2 rings (SSSR count). The van der Waals surface area contributed by atoms with Gasteiger partial charge in [-0.2, -0.15) is 0 Å². The second kappa shape index (κ2) is 22.9. The molecule has 0 aliphatic heterocycles. The summed E-state index contributed by atoms with van der Waals surface area (Å²) in [5.41, 5.74) is 1.34. The fourth-order valence-corrected chi connectivity index (χ4v) is 5.76. The topological polar surface area (TPSA) is 26.3 Å². The molecule has 0 saturated heterocycles. The van der Waals surface area contributed by atoms with Crippen LogP contribution in [0.15, 0.2) is 54.6 Å². The average Bonchev–Trinajstić information content (AvgIpc) is 2.96. The van der Waals surface area contributed by atoms with Gasteiger partial charge in [0.15, 0.2) is 5.78 Å². The van der Waals surface area contributed by atoms with E-state index < -0.39 is 0 Å². The molecular formula is C37H60BrNO2. The fourth-order valence-electron chi connectivity index (χ4n) is 5.76. The van der Waals surface area contributed by atoms with Crippen molar-refractivity contribution in [1.29, 1.82) is 0 Å². The molecule has 0 aliphatic carbocycles. The molecular weight excluding hydrogens is 570 g/mol. The van der Waals surface area contributed by atoms with E-state index in [0.29, 0.717) is 27.6 Å². The summed E-state index contributed by atoms with van der Waals surface area (Å²) in [6.07, 6.45) is 25.6. The highest BCUT2D eigenvalue weighted by Gasteiger charge is 2.32. The van der Waals surface area contributed by atoms with Gasteiger partial charge >= 0.3 is 0 Å². The number of rotatable bonds is 24. The minimum atomic E-state index is 0. The molecule has 0 aliphatic rings. The lowest BCUT2D eigenvalue weighted by molar-refractivity contribution is -1.07. The molecule has 41 heavy (non-hydrogen) atoms.